The molecule has 0 spiro atoms. The van der Waals surface area contributed by atoms with Crippen molar-refractivity contribution in [3.05, 3.63) is 480 Å². The van der Waals surface area contributed by atoms with Crippen LogP contribution in [0.25, 0.3) is 274 Å². The van der Waals surface area contributed by atoms with Gasteiger partial charge in [0, 0.05) is 130 Å². The Bertz CT molecular complexity index is 9220. The molecule has 0 unspecified atom stereocenters. The molecule has 0 aliphatic carbocycles. The molecule has 0 aliphatic rings. The monoisotopic (exact) mass is 1750 g/mol. The van der Waals surface area contributed by atoms with Crippen LogP contribution in [0.3, 0.4) is 0 Å². The average Bonchev–Trinajstić information content (AvgIpc) is 0.718. The summed E-state index contributed by atoms with van der Waals surface area (Å²) in [7, 11) is 0. The zero-order valence-corrected chi connectivity index (χ0v) is 74.6. The second-order valence-electron chi connectivity index (χ2n) is 35.2. The molecule has 28 rings (SSSR count). The van der Waals surface area contributed by atoms with Gasteiger partial charge in [0.15, 0.2) is 17.5 Å². The van der Waals surface area contributed by atoms with Gasteiger partial charge in [0.1, 0.15) is 0 Å². The fraction of sp³-hybridized carbons (Fsp3) is 0. The summed E-state index contributed by atoms with van der Waals surface area (Å²) in [5, 5.41) is 32.7. The van der Waals surface area contributed by atoms with Crippen LogP contribution in [0.5, 0.6) is 0 Å². The molecule has 7 aromatic heterocycles. The third kappa shape index (κ3) is 14.0. The molecule has 28 aromatic rings. The van der Waals surface area contributed by atoms with Crippen LogP contribution in [-0.2, 0) is 0 Å². The number of hydrogen-bond acceptors (Lipinski definition) is 9. The van der Waals surface area contributed by atoms with E-state index in [1.807, 2.05) is 116 Å². The molecule has 0 bridgehead atoms. The lowest BCUT2D eigenvalue weighted by atomic mass is 9.90. The molecule has 0 atom stereocenters. The molecule has 0 amide bonds. The molecular weight excluding hydrogens is 1680 g/mol. The van der Waals surface area contributed by atoms with Gasteiger partial charge in [-0.25, -0.2) is 29.9 Å². The van der Waals surface area contributed by atoms with E-state index in [-0.39, 0.29) is 0 Å². The van der Waals surface area contributed by atoms with Gasteiger partial charge in [-0.05, 0) is 167 Å². The van der Waals surface area contributed by atoms with Gasteiger partial charge in [0.05, 0.1) is 33.6 Å². The van der Waals surface area contributed by atoms with Crippen molar-refractivity contribution in [2.45, 2.75) is 0 Å². The smallest absolute Gasteiger partial charge is 0.164 e. The quantitative estimate of drug-likeness (QED) is 0.123. The maximum atomic E-state index is 5.60. The van der Waals surface area contributed by atoms with Crippen LogP contribution in [0, 0.1) is 0 Å². The molecule has 7 heterocycles. The number of nitrogens with zero attached hydrogens (tertiary/aromatic N) is 9. The van der Waals surface area contributed by atoms with Crippen LogP contribution in [0.1, 0.15) is 0 Å². The van der Waals surface area contributed by atoms with Crippen LogP contribution in [0.15, 0.2) is 480 Å². The summed E-state index contributed by atoms with van der Waals surface area (Å²) in [6.07, 6.45) is 11.2. The molecule has 0 fully saturated rings. The van der Waals surface area contributed by atoms with Crippen molar-refractivity contribution in [2.75, 3.05) is 0 Å². The van der Waals surface area contributed by atoms with Gasteiger partial charge < -0.3 is 0 Å². The number of pyridine rings is 6. The fourth-order valence-corrected chi connectivity index (χ4v) is 21.0. The summed E-state index contributed by atoms with van der Waals surface area (Å²) in [6.45, 7) is 0. The highest BCUT2D eigenvalue weighted by molar-refractivity contribution is 6.37. The minimum Gasteiger partial charge on any atom is -0.264 e. The van der Waals surface area contributed by atoms with Crippen LogP contribution >= 0.6 is 0 Å². The summed E-state index contributed by atoms with van der Waals surface area (Å²) < 4.78 is 0. The van der Waals surface area contributed by atoms with E-state index in [2.05, 4.69) is 379 Å². The van der Waals surface area contributed by atoms with E-state index in [1.165, 1.54) is 135 Å². The van der Waals surface area contributed by atoms with E-state index >= 15 is 0 Å². The third-order valence-corrected chi connectivity index (χ3v) is 27.4. The number of hydrogen-bond donors (Lipinski definition) is 0. The second kappa shape index (κ2) is 33.9. The summed E-state index contributed by atoms with van der Waals surface area (Å²) >= 11 is 0. The average molecular weight is 1760 g/mol. The molecule has 0 saturated carbocycles. The van der Waals surface area contributed by atoms with Crippen LogP contribution in [-0.4, -0.2) is 44.9 Å². The molecule has 0 aliphatic heterocycles. The normalized spacial score (nSPS) is 11.6. The summed E-state index contributed by atoms with van der Waals surface area (Å²) in [4.78, 5) is 44.5. The number of benzene rings is 21. The Morgan fingerprint density at radius 1 is 0.123 bits per heavy atom. The number of rotatable bonds is 10. The minimum absolute atomic E-state index is 0.628. The van der Waals surface area contributed by atoms with Gasteiger partial charge in [0.2, 0.25) is 0 Å². The predicted molar refractivity (Wildman–Crippen MR) is 576 cm³/mol. The molecule has 0 saturated heterocycles. The molecular formula is C129H79N9. The van der Waals surface area contributed by atoms with Crippen molar-refractivity contribution < 1.29 is 0 Å². The van der Waals surface area contributed by atoms with Gasteiger partial charge in [-0.3, -0.25) is 15.0 Å². The number of fused-ring (bicyclic) bond motifs is 30. The summed E-state index contributed by atoms with van der Waals surface area (Å²) in [5.74, 6) is 1.92. The van der Waals surface area contributed by atoms with E-state index in [0.29, 0.717) is 17.5 Å². The first-order valence-corrected chi connectivity index (χ1v) is 46.7. The lowest BCUT2D eigenvalue weighted by Crippen LogP contribution is -2.00. The molecule has 0 radical (unpaired) electrons. The lowest BCUT2D eigenvalue weighted by Gasteiger charge is -2.17. The van der Waals surface area contributed by atoms with E-state index in [1.54, 1.807) is 0 Å². The van der Waals surface area contributed by atoms with Crippen LogP contribution < -0.4 is 0 Å². The highest BCUT2D eigenvalue weighted by Gasteiger charge is 2.25. The molecule has 9 heteroatoms. The minimum atomic E-state index is 0.628. The molecule has 9 nitrogen and oxygen atoms in total. The fourth-order valence-electron chi connectivity index (χ4n) is 21.0. The van der Waals surface area contributed by atoms with Gasteiger partial charge >= 0.3 is 0 Å². The highest BCUT2D eigenvalue weighted by atomic mass is 15.0. The maximum absolute atomic E-state index is 5.60. The lowest BCUT2D eigenvalue weighted by molar-refractivity contribution is 1.07. The third-order valence-electron chi connectivity index (χ3n) is 27.4. The van der Waals surface area contributed by atoms with Gasteiger partial charge in [0.25, 0.3) is 0 Å². The maximum Gasteiger partial charge on any atom is 0.164 e. The first-order chi connectivity index (χ1) is 68.5. The Hall–Kier alpha value is -18.6. The SMILES string of the molecule is c1ccc(-c2nc(-c3ccccc3)nc(-c3ccc(-c4nc5c6ccccc6c6ccccc6c5c5ccc6ccccc6c45)cc3)n2)cc1.c1cncc(-c2cc(-c3ccc(-c4nc5c6ccccc6c6ccccc6c5c5ccc6ccccc6c45)cc3)cc(-c3cccnc3)c2)c1.c1cncc(-c2ccc(-c3nc4c5ccccc5c5ccccc5c4c4ccc5ccccc5c34)cc2)c1. The molecule has 21 aromatic carbocycles. The largest absolute Gasteiger partial charge is 0.264 e. The molecule has 0 N–H and O–H groups in total. The first kappa shape index (κ1) is 80.3. The van der Waals surface area contributed by atoms with Crippen LogP contribution in [0.2, 0.25) is 0 Å². The van der Waals surface area contributed by atoms with Crippen molar-refractivity contribution in [2.24, 2.45) is 0 Å². The van der Waals surface area contributed by atoms with Gasteiger partial charge in [-0.1, -0.05) is 406 Å². The van der Waals surface area contributed by atoms with Gasteiger partial charge in [-0.2, -0.15) is 0 Å². The zero-order valence-electron chi connectivity index (χ0n) is 74.6. The zero-order chi connectivity index (χ0) is 91.1. The highest BCUT2D eigenvalue weighted by Crippen LogP contribution is 2.49. The Morgan fingerprint density at radius 2 is 0.348 bits per heavy atom. The Labute approximate surface area is 793 Å². The van der Waals surface area contributed by atoms with E-state index in [9.17, 15) is 0 Å². The van der Waals surface area contributed by atoms with Crippen LogP contribution in [0.4, 0.5) is 0 Å². The van der Waals surface area contributed by atoms with Crippen molar-refractivity contribution in [1.82, 2.24) is 44.9 Å². The van der Waals surface area contributed by atoms with E-state index in [4.69, 9.17) is 29.9 Å². The summed E-state index contributed by atoms with van der Waals surface area (Å²) in [6, 6.07) is 157. The van der Waals surface area contributed by atoms with Crippen molar-refractivity contribution in [3.8, 4) is 112 Å². The second-order valence-corrected chi connectivity index (χ2v) is 35.2. The Kier molecular flexibility index (Phi) is 19.7. The topological polar surface area (TPSA) is 116 Å². The van der Waals surface area contributed by atoms with Gasteiger partial charge in [-0.15, -0.1) is 0 Å². The molecule has 640 valence electrons. The standard InChI is InChI=1S/C47H29N3.C46H28N4.C36H22N2/c1-2-12-38-31(9-1)21-22-43-44(38)46(50-47-42-16-6-4-14-40(42)39-13-3-5-15-41(39)45(43)47)32-19-17-30(18-20-32)35-25-36(33-10-7-23-48-28-33)27-37(26-35)34-11-8-24-49-29-34;1-3-14-31(15-4-1)44-48-45(32-16-5-2-6-17-32)50-46(49-44)33-25-23-30(24-26-33)42-40-34-18-8-7-13-29(34)27-28-39(40)41-37-21-11-9-19-35(37)36-20-10-12-22-38(36)43(41)47-42;1-2-10-27-24(8-1)19-20-32-33(27)35(25-17-15-23(16-18-25)26-9-7-21-37-22-26)38-36-31-14-6-4-12-29(31)28-11-3-5-13-30(28)34(32)36/h1-29H;1-28H;1-22H. The van der Waals surface area contributed by atoms with E-state index < -0.39 is 0 Å². The predicted octanol–water partition coefficient (Wildman–Crippen LogP) is 33.6. The van der Waals surface area contributed by atoms with Crippen molar-refractivity contribution in [3.63, 3.8) is 0 Å². The first-order valence-electron chi connectivity index (χ1n) is 46.7. The number of aromatic nitrogens is 9. The molecule has 138 heavy (non-hydrogen) atoms. The Balaban J connectivity index is 0.000000108. The van der Waals surface area contributed by atoms with Crippen molar-refractivity contribution in [1.29, 1.82) is 0 Å². The Morgan fingerprint density at radius 3 is 0.652 bits per heavy atom. The van der Waals surface area contributed by atoms with E-state index in [0.717, 1.165) is 122 Å². The summed E-state index contributed by atoms with van der Waals surface area (Å²) in [5.41, 5.74) is 21.0. The van der Waals surface area contributed by atoms with Crippen molar-refractivity contribution >= 4 is 162 Å².